The summed E-state index contributed by atoms with van der Waals surface area (Å²) in [6.07, 6.45) is 0. The molecule has 0 spiro atoms. The third-order valence-corrected chi connectivity index (χ3v) is 11.6. The van der Waals surface area contributed by atoms with Crippen molar-refractivity contribution in [2.75, 3.05) is 0 Å². The van der Waals surface area contributed by atoms with E-state index in [4.69, 9.17) is 5.48 Å². The fourth-order valence-corrected chi connectivity index (χ4v) is 9.26. The molecular weight excluding hydrogens is 673 g/mol. The van der Waals surface area contributed by atoms with Gasteiger partial charge < -0.3 is 0 Å². The van der Waals surface area contributed by atoms with Gasteiger partial charge in [0.25, 0.3) is 0 Å². The van der Waals surface area contributed by atoms with Gasteiger partial charge in [-0.15, -0.1) is 0 Å². The normalized spacial score (nSPS) is 13.9. The van der Waals surface area contributed by atoms with Crippen molar-refractivity contribution in [2.45, 2.75) is 0 Å². The maximum atomic E-state index is 9.77. The Morgan fingerprint density at radius 2 is 0.679 bits per heavy atom. The average molecular weight is 715 g/mol. The molecule has 0 heteroatoms. The summed E-state index contributed by atoms with van der Waals surface area (Å²) in [5.74, 6) is 0. The number of rotatable bonds is 3. The second-order valence-corrected chi connectivity index (χ2v) is 14.5. The van der Waals surface area contributed by atoms with E-state index < -0.39 is 24.2 Å². The summed E-state index contributed by atoms with van der Waals surface area (Å²) in [7, 11) is 0. The van der Waals surface area contributed by atoms with Crippen LogP contribution in [0.2, 0.25) is 0 Å². The lowest BCUT2D eigenvalue weighted by atomic mass is 9.81. The van der Waals surface area contributed by atoms with Crippen LogP contribution >= 0.6 is 0 Å². The van der Waals surface area contributed by atoms with Crippen LogP contribution in [-0.4, -0.2) is 0 Å². The van der Waals surface area contributed by atoms with Gasteiger partial charge in [-0.05, 0) is 132 Å². The Morgan fingerprint density at radius 3 is 1.29 bits per heavy atom. The molecule has 0 N–H and O–H groups in total. The Morgan fingerprint density at radius 1 is 0.268 bits per heavy atom. The molecule has 258 valence electrons. The van der Waals surface area contributed by atoms with Crippen LogP contribution in [0.15, 0.2) is 206 Å². The fraction of sp³-hybridized carbons (Fsp3) is 0. The molecule has 0 nitrogen and oxygen atoms in total. The number of hydrogen-bond acceptors (Lipinski definition) is 0. The lowest BCUT2D eigenvalue weighted by Crippen LogP contribution is -1.94. The summed E-state index contributed by atoms with van der Waals surface area (Å²) in [4.78, 5) is 0. The first-order chi connectivity index (χ1) is 31.1. The zero-order valence-electron chi connectivity index (χ0n) is 38.0. The SMILES string of the molecule is [2H]c1c([2H])c([2H])c2c(-c3cc4c5ccccc5c5ccccc5c4c4ccccc34)c3c([2H])c([2H])c([2H])c([2H])c3c(-c3ccc(-c4ccc5ccccc5c4)c4ccccc34)c2c1[2H]. The van der Waals surface area contributed by atoms with Crippen molar-refractivity contribution in [2.24, 2.45) is 0 Å². The molecule has 12 aromatic rings. The second kappa shape index (κ2) is 12.1. The molecule has 56 heavy (non-hydrogen) atoms. The molecule has 0 unspecified atom stereocenters. The van der Waals surface area contributed by atoms with Crippen LogP contribution in [0.4, 0.5) is 0 Å². The molecule has 0 aliphatic rings. The monoisotopic (exact) mass is 714 g/mol. The van der Waals surface area contributed by atoms with Gasteiger partial charge in [-0.25, -0.2) is 0 Å². The molecule has 0 atom stereocenters. The van der Waals surface area contributed by atoms with Crippen LogP contribution in [0.3, 0.4) is 0 Å². The predicted octanol–water partition coefficient (Wildman–Crippen LogP) is 15.9. The van der Waals surface area contributed by atoms with Crippen molar-refractivity contribution >= 4 is 86.2 Å². The molecule has 0 radical (unpaired) electrons. The minimum absolute atomic E-state index is 0.190. The zero-order chi connectivity index (χ0) is 43.7. The highest BCUT2D eigenvalue weighted by Crippen LogP contribution is 2.50. The maximum Gasteiger partial charge on any atom is 0.0629 e. The van der Waals surface area contributed by atoms with Crippen molar-refractivity contribution in [3.63, 3.8) is 0 Å². The summed E-state index contributed by atoms with van der Waals surface area (Å²) in [5.41, 5.74) is 3.82. The molecule has 0 heterocycles. The Hall–Kier alpha value is -7.28. The highest BCUT2D eigenvalue weighted by atomic mass is 14.2. The van der Waals surface area contributed by atoms with Gasteiger partial charge >= 0.3 is 0 Å². The highest BCUT2D eigenvalue weighted by molar-refractivity contribution is 6.35. The van der Waals surface area contributed by atoms with Crippen LogP contribution in [-0.2, 0) is 0 Å². The molecule has 0 amide bonds. The molecule has 0 aromatic heterocycles. The molecular formula is C56H34. The van der Waals surface area contributed by atoms with Crippen LogP contribution < -0.4 is 0 Å². The fourth-order valence-electron chi connectivity index (χ4n) is 9.26. The van der Waals surface area contributed by atoms with Crippen LogP contribution in [0, 0.1) is 0 Å². The van der Waals surface area contributed by atoms with E-state index in [1.165, 1.54) is 0 Å². The first-order valence-corrected chi connectivity index (χ1v) is 18.9. The summed E-state index contributed by atoms with van der Waals surface area (Å²) >= 11 is 0. The summed E-state index contributed by atoms with van der Waals surface area (Å²) < 4.78 is 75.5. The van der Waals surface area contributed by atoms with E-state index in [2.05, 4.69) is 66.7 Å². The quantitative estimate of drug-likeness (QED) is 0.126. The lowest BCUT2D eigenvalue weighted by Gasteiger charge is -2.21. The standard InChI is InChI=1S/C56H34/c1-2-16-36-33-37(30-29-35(36)15-1)38-31-32-51(41-19-5-3-17-39(38)41)54-47-25-11-13-27-49(47)56(50-28-14-12-26-48(50)54)53-34-52-43-21-6-4-18-40(43)42-20-7-9-23-45(42)55(52)46-24-10-8-22-44(46)53/h1-34H/i11D,12D,13D,14D,25D,26D,27D,28D. The lowest BCUT2D eigenvalue weighted by molar-refractivity contribution is 1.66. The van der Waals surface area contributed by atoms with Crippen molar-refractivity contribution in [1.29, 1.82) is 0 Å². The Bertz CT molecular complexity index is 3980. The first kappa shape index (κ1) is 24.2. The van der Waals surface area contributed by atoms with Crippen LogP contribution in [0.1, 0.15) is 11.0 Å². The highest BCUT2D eigenvalue weighted by Gasteiger charge is 2.22. The van der Waals surface area contributed by atoms with E-state index in [1.807, 2.05) is 91.0 Å². The molecule has 12 rings (SSSR count). The molecule has 0 saturated heterocycles. The van der Waals surface area contributed by atoms with E-state index in [-0.39, 0.29) is 45.7 Å². The Labute approximate surface area is 335 Å². The number of hydrogen-bond donors (Lipinski definition) is 0. The summed E-state index contributed by atoms with van der Waals surface area (Å²) in [6, 6.07) is 50.1. The van der Waals surface area contributed by atoms with Crippen molar-refractivity contribution in [3.8, 4) is 33.4 Å². The molecule has 12 aromatic carbocycles. The van der Waals surface area contributed by atoms with E-state index in [9.17, 15) is 5.48 Å². The number of fused-ring (bicyclic) bond motifs is 12. The van der Waals surface area contributed by atoms with Gasteiger partial charge in [0, 0.05) is 0 Å². The van der Waals surface area contributed by atoms with Crippen molar-refractivity contribution < 1.29 is 11.0 Å². The van der Waals surface area contributed by atoms with Gasteiger partial charge in [0.2, 0.25) is 0 Å². The number of benzene rings is 12. The van der Waals surface area contributed by atoms with Gasteiger partial charge in [-0.2, -0.15) is 0 Å². The molecule has 0 aliphatic heterocycles. The van der Waals surface area contributed by atoms with E-state index in [0.717, 1.165) is 75.8 Å². The predicted molar refractivity (Wildman–Crippen MR) is 243 cm³/mol. The zero-order valence-corrected chi connectivity index (χ0v) is 30.0. The van der Waals surface area contributed by atoms with Crippen molar-refractivity contribution in [1.82, 2.24) is 0 Å². The van der Waals surface area contributed by atoms with Gasteiger partial charge in [-0.1, -0.05) is 194 Å². The Balaban J connectivity index is 1.31. The molecule has 0 fully saturated rings. The molecule has 0 aliphatic carbocycles. The van der Waals surface area contributed by atoms with Gasteiger partial charge in [0.05, 0.1) is 11.0 Å². The topological polar surface area (TPSA) is 0 Å². The first-order valence-electron chi connectivity index (χ1n) is 22.9. The average Bonchev–Trinajstić information content (AvgIpc) is 3.34. The van der Waals surface area contributed by atoms with Crippen LogP contribution in [0.5, 0.6) is 0 Å². The van der Waals surface area contributed by atoms with Gasteiger partial charge in [0.15, 0.2) is 0 Å². The second-order valence-electron chi connectivity index (χ2n) is 14.5. The van der Waals surface area contributed by atoms with Gasteiger partial charge in [-0.3, -0.25) is 0 Å². The van der Waals surface area contributed by atoms with E-state index in [1.54, 1.807) is 0 Å². The molecule has 0 bridgehead atoms. The largest absolute Gasteiger partial charge is 0.0629 e. The van der Waals surface area contributed by atoms with Gasteiger partial charge in [0.1, 0.15) is 0 Å². The summed E-state index contributed by atoms with van der Waals surface area (Å²) in [5, 5.41) is 12.5. The van der Waals surface area contributed by atoms with E-state index in [0.29, 0.717) is 22.3 Å². The third-order valence-electron chi connectivity index (χ3n) is 11.6. The minimum atomic E-state index is -0.428. The van der Waals surface area contributed by atoms with Crippen LogP contribution in [0.25, 0.3) is 120 Å². The summed E-state index contributed by atoms with van der Waals surface area (Å²) in [6.45, 7) is 0. The van der Waals surface area contributed by atoms with Crippen molar-refractivity contribution in [3.05, 3.63) is 206 Å². The third kappa shape index (κ3) is 4.48. The molecule has 0 saturated carbocycles. The van der Waals surface area contributed by atoms with E-state index >= 15 is 0 Å². The minimum Gasteiger partial charge on any atom is -0.0616 e. The maximum absolute atomic E-state index is 9.77. The Kier molecular flexibility index (Phi) is 5.23. The smallest absolute Gasteiger partial charge is 0.0616 e.